The zero-order valence-corrected chi connectivity index (χ0v) is 22.6. The lowest BCUT2D eigenvalue weighted by Crippen LogP contribution is -2.62. The molecule has 5 heteroatoms. The topological polar surface area (TPSA) is 98.0 Å². The summed E-state index contributed by atoms with van der Waals surface area (Å²) < 4.78 is 0. The van der Waals surface area contributed by atoms with Crippen LogP contribution in [0.15, 0.2) is 22.8 Å². The molecule has 5 aliphatic carbocycles. The highest BCUT2D eigenvalue weighted by Crippen LogP contribution is 2.73. The first-order chi connectivity index (χ1) is 16.1. The van der Waals surface area contributed by atoms with E-state index in [1.54, 1.807) is 0 Å². The number of carboxylic acid groups (broad SMARTS) is 1. The number of allylic oxidation sites excluding steroid dienone is 3. The molecule has 3 saturated carbocycles. The quantitative estimate of drug-likeness (QED) is 0.400. The van der Waals surface area contributed by atoms with E-state index in [0.29, 0.717) is 6.42 Å². The van der Waals surface area contributed by atoms with Crippen molar-refractivity contribution in [2.24, 2.45) is 38.4 Å². The second-order valence-electron chi connectivity index (χ2n) is 14.5. The van der Waals surface area contributed by atoms with Gasteiger partial charge in [-0.2, -0.15) is 0 Å². The SMILES string of the molecule is CC1(C)CCC2(C(=O)O)CC[C@]3(C)C(=CCC4=C5CC(O)C(O)[C@@](C)(CO)[C@]5(C)CC[C@]43C)[C@@H]2C1. The van der Waals surface area contributed by atoms with E-state index >= 15 is 0 Å². The van der Waals surface area contributed by atoms with Gasteiger partial charge in [-0.15, -0.1) is 0 Å². The average Bonchev–Trinajstić information content (AvgIpc) is 2.79. The van der Waals surface area contributed by atoms with E-state index in [4.69, 9.17) is 0 Å². The number of carboxylic acids is 1. The summed E-state index contributed by atoms with van der Waals surface area (Å²) in [7, 11) is 0. The molecule has 0 aromatic heterocycles. The van der Waals surface area contributed by atoms with E-state index in [0.717, 1.165) is 51.4 Å². The van der Waals surface area contributed by atoms with Gasteiger partial charge in [-0.1, -0.05) is 64.3 Å². The molecule has 0 heterocycles. The lowest BCUT2D eigenvalue weighted by atomic mass is 9.37. The molecule has 8 atom stereocenters. The molecule has 0 saturated heterocycles. The number of fused-ring (bicyclic) bond motifs is 6. The fourth-order valence-corrected chi connectivity index (χ4v) is 9.58. The molecular formula is C30H46O5. The molecule has 0 aromatic carbocycles. The van der Waals surface area contributed by atoms with Gasteiger partial charge < -0.3 is 20.4 Å². The molecule has 3 fully saturated rings. The Morgan fingerprint density at radius 2 is 1.49 bits per heavy atom. The van der Waals surface area contributed by atoms with Crippen LogP contribution in [0.3, 0.4) is 0 Å². The van der Waals surface area contributed by atoms with Gasteiger partial charge in [0.25, 0.3) is 0 Å². The predicted molar refractivity (Wildman–Crippen MR) is 136 cm³/mol. The molecule has 5 rings (SSSR count). The number of hydrogen-bond donors (Lipinski definition) is 4. The van der Waals surface area contributed by atoms with Gasteiger partial charge in [0, 0.05) is 5.41 Å². The monoisotopic (exact) mass is 486 g/mol. The molecular weight excluding hydrogens is 440 g/mol. The summed E-state index contributed by atoms with van der Waals surface area (Å²) in [6.07, 6.45) is 7.81. The molecule has 0 amide bonds. The Bertz CT molecular complexity index is 1010. The molecule has 3 unspecified atom stereocenters. The standard InChI is InChI=1S/C30H46O5/c1-25(2)9-13-30(24(34)35)14-12-27(4)19(21(30)16-25)8-7-18-20-15-22(32)23(33)29(6,17-31)28(20,5)11-10-26(18,27)3/h8,21-23,31-33H,7,9-17H2,1-6H3,(H,34,35)/t21-,22?,23?,26+,27+,28+,29+,30?/m0/s1. The Hall–Kier alpha value is -1.17. The molecule has 196 valence electrons. The summed E-state index contributed by atoms with van der Waals surface area (Å²) in [4.78, 5) is 12.8. The molecule has 35 heavy (non-hydrogen) atoms. The van der Waals surface area contributed by atoms with E-state index in [-0.39, 0.29) is 34.2 Å². The summed E-state index contributed by atoms with van der Waals surface area (Å²) >= 11 is 0. The first-order valence-corrected chi connectivity index (χ1v) is 13.8. The van der Waals surface area contributed by atoms with E-state index in [1.807, 2.05) is 6.92 Å². The lowest BCUT2D eigenvalue weighted by molar-refractivity contribution is -0.166. The van der Waals surface area contributed by atoms with Gasteiger partial charge >= 0.3 is 5.97 Å². The predicted octanol–water partition coefficient (Wildman–Crippen LogP) is 5.24. The van der Waals surface area contributed by atoms with Gasteiger partial charge in [-0.25, -0.2) is 0 Å². The van der Waals surface area contributed by atoms with Crippen LogP contribution in [-0.2, 0) is 4.79 Å². The summed E-state index contributed by atoms with van der Waals surface area (Å²) in [5.41, 5.74) is 2.07. The number of aliphatic carboxylic acids is 1. The normalized spacial score (nSPS) is 50.9. The molecule has 0 aliphatic heterocycles. The van der Waals surface area contributed by atoms with E-state index in [2.05, 4.69) is 40.7 Å². The van der Waals surface area contributed by atoms with Crippen molar-refractivity contribution in [3.05, 3.63) is 22.8 Å². The maximum atomic E-state index is 12.8. The number of rotatable bonds is 2. The van der Waals surface area contributed by atoms with Crippen molar-refractivity contribution in [3.63, 3.8) is 0 Å². The van der Waals surface area contributed by atoms with Gasteiger partial charge in [-0.3, -0.25) is 4.79 Å². The minimum atomic E-state index is -0.952. The third-order valence-corrected chi connectivity index (χ3v) is 12.8. The molecule has 4 N–H and O–H groups in total. The highest BCUT2D eigenvalue weighted by molar-refractivity contribution is 5.76. The van der Waals surface area contributed by atoms with Crippen LogP contribution in [0, 0.1) is 38.4 Å². The molecule has 5 nitrogen and oxygen atoms in total. The fraction of sp³-hybridized carbons (Fsp3) is 0.833. The molecule has 0 aromatic rings. The van der Waals surface area contributed by atoms with Gasteiger partial charge in [0.05, 0.1) is 24.2 Å². The maximum Gasteiger partial charge on any atom is 0.310 e. The molecule has 5 aliphatic rings. The van der Waals surface area contributed by atoms with Crippen LogP contribution in [0.25, 0.3) is 0 Å². The number of aliphatic hydroxyl groups excluding tert-OH is 3. The van der Waals surface area contributed by atoms with Crippen molar-refractivity contribution in [1.29, 1.82) is 0 Å². The van der Waals surface area contributed by atoms with Crippen molar-refractivity contribution in [3.8, 4) is 0 Å². The highest BCUT2D eigenvalue weighted by Gasteiger charge is 2.67. The van der Waals surface area contributed by atoms with Crippen LogP contribution in [-0.4, -0.2) is 45.2 Å². The Morgan fingerprint density at radius 3 is 2.11 bits per heavy atom. The van der Waals surface area contributed by atoms with E-state index < -0.39 is 29.0 Å². The van der Waals surface area contributed by atoms with E-state index in [1.165, 1.54) is 16.7 Å². The van der Waals surface area contributed by atoms with Gasteiger partial charge in [0.2, 0.25) is 0 Å². The third-order valence-electron chi connectivity index (χ3n) is 12.8. The van der Waals surface area contributed by atoms with Crippen LogP contribution in [0.5, 0.6) is 0 Å². The summed E-state index contributed by atoms with van der Waals surface area (Å²) in [6.45, 7) is 13.3. The van der Waals surface area contributed by atoms with E-state index in [9.17, 15) is 25.2 Å². The van der Waals surface area contributed by atoms with Crippen molar-refractivity contribution in [1.82, 2.24) is 0 Å². The van der Waals surface area contributed by atoms with Gasteiger partial charge in [0.15, 0.2) is 0 Å². The molecule has 0 bridgehead atoms. The minimum Gasteiger partial charge on any atom is -0.481 e. The van der Waals surface area contributed by atoms with Crippen LogP contribution in [0.2, 0.25) is 0 Å². The Balaban J connectivity index is 1.68. The fourth-order valence-electron chi connectivity index (χ4n) is 9.58. The summed E-state index contributed by atoms with van der Waals surface area (Å²) in [5.74, 6) is -0.546. The van der Waals surface area contributed by atoms with Crippen LogP contribution >= 0.6 is 0 Å². The van der Waals surface area contributed by atoms with Gasteiger partial charge in [-0.05, 0) is 85.4 Å². The first-order valence-electron chi connectivity index (χ1n) is 13.8. The first kappa shape index (κ1) is 25.5. The van der Waals surface area contributed by atoms with Gasteiger partial charge in [0.1, 0.15) is 0 Å². The average molecular weight is 487 g/mol. The highest BCUT2D eigenvalue weighted by atomic mass is 16.4. The van der Waals surface area contributed by atoms with Crippen molar-refractivity contribution in [2.45, 2.75) is 112 Å². The number of hydrogen-bond acceptors (Lipinski definition) is 4. The lowest BCUT2D eigenvalue weighted by Gasteiger charge is -2.67. The smallest absolute Gasteiger partial charge is 0.310 e. The Labute approximate surface area is 210 Å². The largest absolute Gasteiger partial charge is 0.481 e. The maximum absolute atomic E-state index is 12.8. The van der Waals surface area contributed by atoms with Crippen LogP contribution in [0.1, 0.15) is 99.3 Å². The van der Waals surface area contributed by atoms with Crippen molar-refractivity contribution < 1.29 is 25.2 Å². The van der Waals surface area contributed by atoms with Crippen LogP contribution < -0.4 is 0 Å². The Morgan fingerprint density at radius 1 is 0.886 bits per heavy atom. The molecule has 0 spiro atoms. The molecule has 0 radical (unpaired) electrons. The summed E-state index contributed by atoms with van der Waals surface area (Å²) in [6, 6.07) is 0. The third kappa shape index (κ3) is 2.95. The Kier molecular flexibility index (Phi) is 5.42. The zero-order valence-electron chi connectivity index (χ0n) is 22.6. The van der Waals surface area contributed by atoms with Crippen molar-refractivity contribution >= 4 is 5.97 Å². The van der Waals surface area contributed by atoms with Crippen molar-refractivity contribution in [2.75, 3.05) is 6.61 Å². The minimum absolute atomic E-state index is 0.0701. The summed E-state index contributed by atoms with van der Waals surface area (Å²) in [5, 5.41) is 42.8. The second-order valence-corrected chi connectivity index (χ2v) is 14.5. The second kappa shape index (κ2) is 7.45. The number of aliphatic hydroxyl groups is 3. The zero-order chi connectivity index (χ0) is 25.8. The van der Waals surface area contributed by atoms with Crippen LogP contribution in [0.4, 0.5) is 0 Å². The number of carbonyl (C=O) groups is 1.